The fraction of sp³-hybridized carbons (Fsp3) is 0.714. The van der Waals surface area contributed by atoms with Crippen molar-refractivity contribution in [3.05, 3.63) is 29.8 Å². The van der Waals surface area contributed by atoms with Gasteiger partial charge in [-0.25, -0.2) is 4.79 Å². The monoisotopic (exact) mass is 502 g/mol. The summed E-state index contributed by atoms with van der Waals surface area (Å²) >= 11 is 0. The van der Waals surface area contributed by atoms with E-state index in [1.807, 2.05) is 38.1 Å². The van der Waals surface area contributed by atoms with Crippen molar-refractivity contribution in [2.45, 2.75) is 84.0 Å². The lowest BCUT2D eigenvalue weighted by molar-refractivity contribution is -0.186. The van der Waals surface area contributed by atoms with Crippen LogP contribution in [0.15, 0.2) is 24.3 Å². The minimum atomic E-state index is -0.694. The third kappa shape index (κ3) is 5.00. The lowest BCUT2D eigenvalue weighted by Gasteiger charge is -2.60. The molecule has 3 aliphatic rings. The predicted molar refractivity (Wildman–Crippen MR) is 136 cm³/mol. The summed E-state index contributed by atoms with van der Waals surface area (Å²) in [6.07, 6.45) is 2.77. The maximum absolute atomic E-state index is 13.3. The van der Waals surface area contributed by atoms with Gasteiger partial charge in [-0.1, -0.05) is 31.5 Å². The van der Waals surface area contributed by atoms with Crippen LogP contribution in [0, 0.1) is 29.6 Å². The number of aryl methyl sites for hydroxylation is 1. The van der Waals surface area contributed by atoms with Crippen LogP contribution in [0.4, 0.5) is 10.5 Å². The molecule has 1 aromatic rings. The second-order valence-corrected chi connectivity index (χ2v) is 11.7. The minimum absolute atomic E-state index is 0.0148. The first-order chi connectivity index (χ1) is 17.1. The molecular weight excluding hydrogens is 460 g/mol. The molecule has 200 valence electrons. The van der Waals surface area contributed by atoms with Crippen LogP contribution >= 0.6 is 0 Å². The fourth-order valence-corrected chi connectivity index (χ4v) is 7.35. The van der Waals surface area contributed by atoms with Crippen LogP contribution in [0.3, 0.4) is 0 Å². The number of aliphatic hydroxyl groups excluding tert-OH is 3. The molecule has 4 N–H and O–H groups in total. The molecule has 1 unspecified atom stereocenters. The number of amides is 2. The normalized spacial score (nSPS) is 36.3. The second-order valence-electron chi connectivity index (χ2n) is 11.7. The molecule has 3 fully saturated rings. The molecule has 1 saturated heterocycles. The van der Waals surface area contributed by atoms with Crippen molar-refractivity contribution < 1.29 is 29.6 Å². The van der Waals surface area contributed by atoms with Gasteiger partial charge in [0, 0.05) is 24.1 Å². The Morgan fingerprint density at radius 2 is 1.83 bits per heavy atom. The molecular formula is C28H42N2O6. The van der Waals surface area contributed by atoms with Gasteiger partial charge in [0.25, 0.3) is 0 Å². The number of carbonyl (C=O) groups is 2. The number of rotatable bonds is 6. The second kappa shape index (κ2) is 10.7. The highest BCUT2D eigenvalue weighted by Gasteiger charge is 2.60. The van der Waals surface area contributed by atoms with Crippen LogP contribution in [-0.4, -0.2) is 70.2 Å². The molecule has 4 rings (SSSR count). The number of nitrogens with zero attached hydrogens (tertiary/aromatic N) is 1. The number of hydrogen-bond acceptors (Lipinski definition) is 6. The van der Waals surface area contributed by atoms with Gasteiger partial charge in [0.2, 0.25) is 5.91 Å². The van der Waals surface area contributed by atoms with E-state index in [0.29, 0.717) is 37.9 Å². The van der Waals surface area contributed by atoms with Crippen molar-refractivity contribution in [1.82, 2.24) is 4.90 Å². The van der Waals surface area contributed by atoms with Gasteiger partial charge in [0.1, 0.15) is 6.10 Å². The predicted octanol–water partition coefficient (Wildman–Crippen LogP) is 3.47. The summed E-state index contributed by atoms with van der Waals surface area (Å²) in [5, 5.41) is 34.1. The van der Waals surface area contributed by atoms with Crippen LogP contribution in [0.25, 0.3) is 0 Å². The van der Waals surface area contributed by atoms with Crippen molar-refractivity contribution in [3.63, 3.8) is 0 Å². The molecule has 1 aliphatic heterocycles. The zero-order chi connectivity index (χ0) is 26.1. The largest absolute Gasteiger partial charge is 0.445 e. The lowest BCUT2D eigenvalue weighted by atomic mass is 9.46. The van der Waals surface area contributed by atoms with Crippen molar-refractivity contribution >= 4 is 17.7 Å². The van der Waals surface area contributed by atoms with E-state index in [-0.39, 0.29) is 48.8 Å². The molecule has 2 aliphatic carbocycles. The minimum Gasteiger partial charge on any atom is -0.445 e. The van der Waals surface area contributed by atoms with Crippen LogP contribution in [0.2, 0.25) is 0 Å². The SMILES string of the molecule is Cc1ccc(NC(=O)O[C@@H]2CC[C@]3(C)C(CC[C@@H](O)[C@H]3CC(=O)N3CCC[C@H]3CO)[C@]2(C)CO)cc1. The zero-order valence-electron chi connectivity index (χ0n) is 21.8. The molecule has 7 atom stereocenters. The molecule has 2 saturated carbocycles. The highest BCUT2D eigenvalue weighted by atomic mass is 16.6. The smallest absolute Gasteiger partial charge is 0.411 e. The van der Waals surface area contributed by atoms with E-state index in [0.717, 1.165) is 18.4 Å². The average Bonchev–Trinajstić information content (AvgIpc) is 3.34. The van der Waals surface area contributed by atoms with E-state index in [9.17, 15) is 24.9 Å². The van der Waals surface area contributed by atoms with Gasteiger partial charge in [0.05, 0.1) is 25.4 Å². The highest BCUT2D eigenvalue weighted by molar-refractivity contribution is 5.84. The first-order valence-electron chi connectivity index (χ1n) is 13.4. The number of fused-ring (bicyclic) bond motifs is 1. The lowest BCUT2D eigenvalue weighted by Crippen LogP contribution is -2.61. The third-order valence-electron chi connectivity index (χ3n) is 9.53. The van der Waals surface area contributed by atoms with Gasteiger partial charge >= 0.3 is 6.09 Å². The molecule has 0 spiro atoms. The molecule has 8 heteroatoms. The van der Waals surface area contributed by atoms with E-state index < -0.39 is 23.7 Å². The number of hydrogen-bond donors (Lipinski definition) is 4. The van der Waals surface area contributed by atoms with Gasteiger partial charge in [-0.05, 0) is 74.8 Å². The first kappa shape index (κ1) is 26.9. The van der Waals surface area contributed by atoms with E-state index >= 15 is 0 Å². The summed E-state index contributed by atoms with van der Waals surface area (Å²) in [6, 6.07) is 7.34. The standard InChI is InChI=1S/C28H42N2O6/c1-18-6-8-19(9-7-18)29-26(35)36-24-12-13-27(2)21(15-25(34)30-14-4-5-20(30)16-31)22(33)10-11-23(27)28(24,3)17-32/h6-9,20-24,31-33H,4-5,10-17H2,1-3H3,(H,29,35)/t20-,21+,22+,23?,24+,27-,28-/m0/s1. The summed E-state index contributed by atoms with van der Waals surface area (Å²) in [5.41, 5.74) is 0.671. The number of benzene rings is 1. The Bertz CT molecular complexity index is 938. The maximum atomic E-state index is 13.3. The van der Waals surface area contributed by atoms with Crippen LogP contribution in [0.5, 0.6) is 0 Å². The van der Waals surface area contributed by atoms with Gasteiger partial charge in [-0.2, -0.15) is 0 Å². The van der Waals surface area contributed by atoms with Crippen molar-refractivity contribution in [3.8, 4) is 0 Å². The number of likely N-dealkylation sites (tertiary alicyclic amines) is 1. The molecule has 8 nitrogen and oxygen atoms in total. The van der Waals surface area contributed by atoms with Crippen molar-refractivity contribution in [2.24, 2.45) is 22.7 Å². The molecule has 2 amide bonds. The van der Waals surface area contributed by atoms with Gasteiger partial charge in [0.15, 0.2) is 0 Å². The third-order valence-corrected chi connectivity index (χ3v) is 9.53. The van der Waals surface area contributed by atoms with Gasteiger partial charge in [-0.15, -0.1) is 0 Å². The molecule has 1 aromatic carbocycles. The van der Waals surface area contributed by atoms with Crippen molar-refractivity contribution in [1.29, 1.82) is 0 Å². The Balaban J connectivity index is 1.49. The summed E-state index contributed by atoms with van der Waals surface area (Å²) in [5.74, 6) is -0.287. The first-order valence-corrected chi connectivity index (χ1v) is 13.4. The topological polar surface area (TPSA) is 119 Å². The van der Waals surface area contributed by atoms with E-state index in [1.54, 1.807) is 4.90 Å². The maximum Gasteiger partial charge on any atom is 0.411 e. The number of ether oxygens (including phenoxy) is 1. The van der Waals surface area contributed by atoms with Crippen LogP contribution in [-0.2, 0) is 9.53 Å². The van der Waals surface area contributed by atoms with E-state index in [1.165, 1.54) is 0 Å². The quantitative estimate of drug-likeness (QED) is 0.473. The summed E-state index contributed by atoms with van der Waals surface area (Å²) in [7, 11) is 0. The number of nitrogens with one attached hydrogen (secondary N) is 1. The molecule has 0 bridgehead atoms. The van der Waals surface area contributed by atoms with Crippen LogP contribution < -0.4 is 5.32 Å². The van der Waals surface area contributed by atoms with Crippen LogP contribution in [0.1, 0.15) is 64.4 Å². The Labute approximate surface area is 214 Å². The number of aliphatic hydroxyl groups is 3. The Morgan fingerprint density at radius 1 is 1.11 bits per heavy atom. The average molecular weight is 503 g/mol. The fourth-order valence-electron chi connectivity index (χ4n) is 7.35. The Morgan fingerprint density at radius 3 is 2.50 bits per heavy atom. The summed E-state index contributed by atoms with van der Waals surface area (Å²) < 4.78 is 5.90. The molecule has 36 heavy (non-hydrogen) atoms. The molecule has 0 radical (unpaired) electrons. The zero-order valence-corrected chi connectivity index (χ0v) is 21.8. The molecule has 1 heterocycles. The molecule has 0 aromatic heterocycles. The van der Waals surface area contributed by atoms with E-state index in [2.05, 4.69) is 12.2 Å². The van der Waals surface area contributed by atoms with Gasteiger partial charge in [-0.3, -0.25) is 10.1 Å². The Kier molecular flexibility index (Phi) is 7.98. The Hall–Kier alpha value is -2.16. The number of carbonyl (C=O) groups excluding carboxylic acids is 2. The number of anilines is 1. The summed E-state index contributed by atoms with van der Waals surface area (Å²) in [6.45, 7) is 6.54. The highest BCUT2D eigenvalue weighted by Crippen LogP contribution is 2.61. The summed E-state index contributed by atoms with van der Waals surface area (Å²) in [4.78, 5) is 27.8. The van der Waals surface area contributed by atoms with E-state index in [4.69, 9.17) is 4.74 Å². The van der Waals surface area contributed by atoms with Crippen molar-refractivity contribution in [2.75, 3.05) is 25.1 Å². The van der Waals surface area contributed by atoms with Gasteiger partial charge < -0.3 is 25.0 Å².